The van der Waals surface area contributed by atoms with Crippen LogP contribution in [-0.2, 0) is 11.3 Å². The lowest BCUT2D eigenvalue weighted by Gasteiger charge is -2.31. The Kier molecular flexibility index (Phi) is 5.08. The van der Waals surface area contributed by atoms with E-state index < -0.39 is 0 Å². The van der Waals surface area contributed by atoms with E-state index in [-0.39, 0.29) is 23.2 Å². The third-order valence-electron chi connectivity index (χ3n) is 4.81. The predicted octanol–water partition coefficient (Wildman–Crippen LogP) is 2.13. The Balaban J connectivity index is 1.43. The average Bonchev–Trinajstić information content (AvgIpc) is 3.12. The second-order valence-electron chi connectivity index (χ2n) is 6.94. The Morgan fingerprint density at radius 3 is 2.93 bits per heavy atom. The second-order valence-corrected chi connectivity index (χ2v) is 7.88. The zero-order valence-corrected chi connectivity index (χ0v) is 16.2. The highest BCUT2D eigenvalue weighted by Crippen LogP contribution is 2.27. The monoisotopic (exact) mass is 401 g/mol. The number of amides is 1. The van der Waals surface area contributed by atoms with Gasteiger partial charge in [0.1, 0.15) is 5.82 Å². The molecule has 1 aliphatic heterocycles. The summed E-state index contributed by atoms with van der Waals surface area (Å²) in [6.45, 7) is 3.48. The first-order chi connectivity index (χ1) is 13.5. The molecule has 7 nitrogen and oxygen atoms in total. The zero-order valence-electron chi connectivity index (χ0n) is 15.4. The quantitative estimate of drug-likeness (QED) is 0.725. The SMILES string of the molecule is Cc1cc(=O)n2nc(N3CCC[C@H](C(=O)NCc4ccc(F)cc4)C3)sc2n1. The van der Waals surface area contributed by atoms with Crippen LogP contribution in [0.2, 0.25) is 0 Å². The normalized spacial score (nSPS) is 17.1. The number of rotatable bonds is 4. The zero-order chi connectivity index (χ0) is 19.7. The van der Waals surface area contributed by atoms with Gasteiger partial charge in [-0.3, -0.25) is 9.59 Å². The Morgan fingerprint density at radius 2 is 2.14 bits per heavy atom. The number of nitrogens with zero attached hydrogens (tertiary/aromatic N) is 4. The van der Waals surface area contributed by atoms with Gasteiger partial charge in [-0.25, -0.2) is 9.37 Å². The maximum Gasteiger partial charge on any atom is 0.275 e. The van der Waals surface area contributed by atoms with Crippen molar-refractivity contribution >= 4 is 27.3 Å². The molecule has 3 heterocycles. The van der Waals surface area contributed by atoms with Crippen LogP contribution in [0.5, 0.6) is 0 Å². The molecule has 1 N–H and O–H groups in total. The van der Waals surface area contributed by atoms with Crippen molar-refractivity contribution in [3.05, 3.63) is 57.8 Å². The van der Waals surface area contributed by atoms with Crippen molar-refractivity contribution in [1.82, 2.24) is 19.9 Å². The van der Waals surface area contributed by atoms with E-state index in [1.807, 2.05) is 4.90 Å². The molecule has 0 aliphatic carbocycles. The fourth-order valence-electron chi connectivity index (χ4n) is 3.34. The van der Waals surface area contributed by atoms with Gasteiger partial charge in [0.2, 0.25) is 16.0 Å². The summed E-state index contributed by atoms with van der Waals surface area (Å²) in [6.07, 6.45) is 1.67. The number of anilines is 1. The Hall–Kier alpha value is -2.81. The van der Waals surface area contributed by atoms with Crippen LogP contribution in [0.25, 0.3) is 4.96 Å². The molecule has 0 unspecified atom stereocenters. The van der Waals surface area contributed by atoms with E-state index in [4.69, 9.17) is 0 Å². The smallest absolute Gasteiger partial charge is 0.275 e. The molecule has 0 radical (unpaired) electrons. The Labute approximate surface area is 164 Å². The van der Waals surface area contributed by atoms with Crippen LogP contribution in [0.1, 0.15) is 24.1 Å². The van der Waals surface area contributed by atoms with Gasteiger partial charge in [0.15, 0.2) is 0 Å². The molecule has 0 saturated carbocycles. The maximum atomic E-state index is 13.0. The van der Waals surface area contributed by atoms with E-state index in [1.165, 1.54) is 34.1 Å². The minimum absolute atomic E-state index is 0.0266. The Bertz CT molecular complexity index is 1060. The standard InChI is InChI=1S/C19H20FN5O2S/c1-12-9-16(26)25-18(22-12)28-19(23-25)24-8-2-3-14(11-24)17(27)21-10-13-4-6-15(20)7-5-13/h4-7,9,14H,2-3,8,10-11H2,1H3,(H,21,27)/t14-/m0/s1. The second kappa shape index (κ2) is 7.67. The predicted molar refractivity (Wildman–Crippen MR) is 105 cm³/mol. The average molecular weight is 401 g/mol. The number of benzene rings is 1. The van der Waals surface area contributed by atoms with Gasteiger partial charge in [0, 0.05) is 31.4 Å². The van der Waals surface area contributed by atoms with Crippen LogP contribution >= 0.6 is 11.3 Å². The number of fused-ring (bicyclic) bond motifs is 1. The summed E-state index contributed by atoms with van der Waals surface area (Å²) in [6, 6.07) is 7.55. The molecule has 28 heavy (non-hydrogen) atoms. The van der Waals surface area contributed by atoms with Crippen LogP contribution in [0.4, 0.5) is 9.52 Å². The highest BCUT2D eigenvalue weighted by molar-refractivity contribution is 7.20. The summed E-state index contributed by atoms with van der Waals surface area (Å²) >= 11 is 1.36. The number of nitrogens with one attached hydrogen (secondary N) is 1. The fraction of sp³-hybridized carbons (Fsp3) is 0.368. The number of aromatic nitrogens is 3. The van der Waals surface area contributed by atoms with Gasteiger partial charge in [-0.15, -0.1) is 5.10 Å². The third kappa shape index (κ3) is 3.89. The number of carbonyl (C=O) groups excluding carboxylic acids is 1. The van der Waals surface area contributed by atoms with Crippen LogP contribution in [0.3, 0.4) is 0 Å². The highest BCUT2D eigenvalue weighted by atomic mass is 32.1. The van der Waals surface area contributed by atoms with E-state index >= 15 is 0 Å². The molecule has 146 valence electrons. The summed E-state index contributed by atoms with van der Waals surface area (Å²) in [5, 5.41) is 8.02. The molecule has 0 bridgehead atoms. The number of carbonyl (C=O) groups is 1. The van der Waals surface area contributed by atoms with Gasteiger partial charge in [-0.1, -0.05) is 23.5 Å². The van der Waals surface area contributed by atoms with Crippen molar-refractivity contribution in [2.24, 2.45) is 5.92 Å². The molecule has 1 saturated heterocycles. The van der Waals surface area contributed by atoms with Crippen LogP contribution in [-0.4, -0.2) is 33.6 Å². The molecule has 1 aliphatic rings. The number of aryl methyl sites for hydroxylation is 1. The van der Waals surface area contributed by atoms with Gasteiger partial charge in [-0.2, -0.15) is 4.52 Å². The van der Waals surface area contributed by atoms with E-state index in [0.29, 0.717) is 28.9 Å². The van der Waals surface area contributed by atoms with Gasteiger partial charge >= 0.3 is 0 Å². The number of piperidine rings is 1. The minimum atomic E-state index is -0.294. The highest BCUT2D eigenvalue weighted by Gasteiger charge is 2.27. The molecule has 4 rings (SSSR count). The molecule has 1 aromatic carbocycles. The fourth-order valence-corrected chi connectivity index (χ4v) is 4.33. The minimum Gasteiger partial charge on any atom is -0.352 e. The van der Waals surface area contributed by atoms with Crippen molar-refractivity contribution in [3.63, 3.8) is 0 Å². The summed E-state index contributed by atoms with van der Waals surface area (Å²) in [5.74, 6) is -0.480. The van der Waals surface area contributed by atoms with Gasteiger partial charge in [0.05, 0.1) is 5.92 Å². The van der Waals surface area contributed by atoms with Gasteiger partial charge < -0.3 is 10.2 Å². The van der Waals surface area contributed by atoms with Crippen LogP contribution in [0.15, 0.2) is 35.1 Å². The third-order valence-corrected chi connectivity index (χ3v) is 5.77. The molecule has 2 aromatic heterocycles. The summed E-state index contributed by atoms with van der Waals surface area (Å²) in [7, 11) is 0. The lowest BCUT2D eigenvalue weighted by Crippen LogP contribution is -2.43. The molecular formula is C19H20FN5O2S. The first-order valence-electron chi connectivity index (χ1n) is 9.14. The summed E-state index contributed by atoms with van der Waals surface area (Å²) in [5.41, 5.74) is 1.32. The van der Waals surface area contributed by atoms with Crippen molar-refractivity contribution < 1.29 is 9.18 Å². The van der Waals surface area contributed by atoms with E-state index in [2.05, 4.69) is 15.4 Å². The lowest BCUT2D eigenvalue weighted by molar-refractivity contribution is -0.125. The largest absolute Gasteiger partial charge is 0.352 e. The summed E-state index contributed by atoms with van der Waals surface area (Å²) < 4.78 is 14.3. The lowest BCUT2D eigenvalue weighted by atomic mass is 9.97. The molecule has 1 atom stereocenters. The molecule has 0 spiro atoms. The van der Waals surface area contributed by atoms with Crippen molar-refractivity contribution in [3.8, 4) is 0 Å². The maximum absolute atomic E-state index is 13.0. The molecule has 3 aromatic rings. The summed E-state index contributed by atoms with van der Waals surface area (Å²) in [4.78, 5) is 31.6. The first kappa shape index (κ1) is 18.5. The molecule has 1 amide bonds. The number of hydrogen-bond acceptors (Lipinski definition) is 6. The van der Waals surface area contributed by atoms with Gasteiger partial charge in [-0.05, 0) is 37.5 Å². The number of halogens is 1. The van der Waals surface area contributed by atoms with Crippen LogP contribution < -0.4 is 15.8 Å². The van der Waals surface area contributed by atoms with E-state index in [9.17, 15) is 14.0 Å². The van der Waals surface area contributed by atoms with E-state index in [0.717, 1.165) is 24.9 Å². The van der Waals surface area contributed by atoms with Crippen LogP contribution in [0, 0.1) is 18.7 Å². The van der Waals surface area contributed by atoms with E-state index in [1.54, 1.807) is 19.1 Å². The van der Waals surface area contributed by atoms with Gasteiger partial charge in [0.25, 0.3) is 5.56 Å². The van der Waals surface area contributed by atoms with Crippen molar-refractivity contribution in [1.29, 1.82) is 0 Å². The first-order valence-corrected chi connectivity index (χ1v) is 9.96. The Morgan fingerprint density at radius 1 is 1.36 bits per heavy atom. The topological polar surface area (TPSA) is 79.6 Å². The number of hydrogen-bond donors (Lipinski definition) is 1. The molecule has 9 heteroatoms. The molecular weight excluding hydrogens is 381 g/mol. The molecule has 1 fully saturated rings. The van der Waals surface area contributed by atoms with Crippen molar-refractivity contribution in [2.75, 3.05) is 18.0 Å². The van der Waals surface area contributed by atoms with Crippen molar-refractivity contribution in [2.45, 2.75) is 26.3 Å².